The van der Waals surface area contributed by atoms with Crippen molar-refractivity contribution in [2.45, 2.75) is 31.6 Å². The molecule has 0 aliphatic heterocycles. The second-order valence-electron chi connectivity index (χ2n) is 4.49. The summed E-state index contributed by atoms with van der Waals surface area (Å²) in [6.07, 6.45) is 1.14. The highest BCUT2D eigenvalue weighted by molar-refractivity contribution is 7.89. The molecule has 0 heterocycles. The zero-order chi connectivity index (χ0) is 14.6. The van der Waals surface area contributed by atoms with Crippen LogP contribution in [-0.4, -0.2) is 14.3 Å². The van der Waals surface area contributed by atoms with E-state index in [9.17, 15) is 17.6 Å². The van der Waals surface area contributed by atoms with Crippen LogP contribution in [-0.2, 0) is 14.8 Å². The smallest absolute Gasteiger partial charge is 0.238 e. The molecule has 0 aliphatic carbocycles. The fourth-order valence-electron chi connectivity index (χ4n) is 1.47. The minimum atomic E-state index is -4.00. The highest BCUT2D eigenvalue weighted by Gasteiger charge is 2.13. The lowest BCUT2D eigenvalue weighted by atomic mass is 10.1. The van der Waals surface area contributed by atoms with Crippen LogP contribution in [0.4, 0.5) is 10.1 Å². The van der Waals surface area contributed by atoms with Crippen LogP contribution in [0, 0.1) is 11.7 Å². The summed E-state index contributed by atoms with van der Waals surface area (Å²) in [6.45, 7) is 3.88. The van der Waals surface area contributed by atoms with Crippen LogP contribution in [0.5, 0.6) is 0 Å². The van der Waals surface area contributed by atoms with Crippen molar-refractivity contribution in [3.05, 3.63) is 24.0 Å². The minimum absolute atomic E-state index is 0.0809. The van der Waals surface area contributed by atoms with Crippen LogP contribution >= 0.6 is 0 Å². The normalized spacial score (nSPS) is 13.1. The van der Waals surface area contributed by atoms with Gasteiger partial charge in [0.15, 0.2) is 0 Å². The van der Waals surface area contributed by atoms with E-state index in [2.05, 4.69) is 5.32 Å². The van der Waals surface area contributed by atoms with Gasteiger partial charge in [-0.3, -0.25) is 4.79 Å². The van der Waals surface area contributed by atoms with Crippen LogP contribution in [0.3, 0.4) is 0 Å². The molecular formula is C12H17FN2O3S. The molecule has 0 radical (unpaired) electrons. The van der Waals surface area contributed by atoms with Gasteiger partial charge in [-0.2, -0.15) is 0 Å². The number of carbonyl (C=O) groups is 1. The van der Waals surface area contributed by atoms with Gasteiger partial charge < -0.3 is 5.32 Å². The van der Waals surface area contributed by atoms with Crippen molar-refractivity contribution in [1.82, 2.24) is 0 Å². The van der Waals surface area contributed by atoms with E-state index in [1.165, 1.54) is 0 Å². The molecular weight excluding hydrogens is 271 g/mol. The van der Waals surface area contributed by atoms with Gasteiger partial charge in [-0.05, 0) is 24.1 Å². The van der Waals surface area contributed by atoms with Crippen molar-refractivity contribution in [3.63, 3.8) is 0 Å². The van der Waals surface area contributed by atoms with E-state index in [1.807, 2.05) is 13.8 Å². The average Bonchev–Trinajstić information content (AvgIpc) is 2.26. The van der Waals surface area contributed by atoms with Gasteiger partial charge in [-0.25, -0.2) is 17.9 Å². The predicted octanol–water partition coefficient (Wildman–Crippen LogP) is 1.85. The van der Waals surface area contributed by atoms with Crippen molar-refractivity contribution in [2.24, 2.45) is 11.1 Å². The fourth-order valence-corrected chi connectivity index (χ4v) is 2.04. The van der Waals surface area contributed by atoms with E-state index in [-0.39, 0.29) is 28.8 Å². The van der Waals surface area contributed by atoms with Crippen molar-refractivity contribution < 1.29 is 17.6 Å². The maximum absolute atomic E-state index is 13.3. The van der Waals surface area contributed by atoms with E-state index in [4.69, 9.17) is 5.14 Å². The lowest BCUT2D eigenvalue weighted by Crippen LogP contribution is -2.16. The molecule has 3 N–H and O–H groups in total. The van der Waals surface area contributed by atoms with Gasteiger partial charge in [-0.1, -0.05) is 20.3 Å². The minimum Gasteiger partial charge on any atom is -0.326 e. The van der Waals surface area contributed by atoms with E-state index < -0.39 is 15.8 Å². The second kappa shape index (κ2) is 6.12. The van der Waals surface area contributed by atoms with Crippen LogP contribution in [0.25, 0.3) is 0 Å². The van der Waals surface area contributed by atoms with Crippen molar-refractivity contribution >= 4 is 21.6 Å². The summed E-state index contributed by atoms with van der Waals surface area (Å²) >= 11 is 0. The van der Waals surface area contributed by atoms with Crippen molar-refractivity contribution in [2.75, 3.05) is 5.32 Å². The Labute approximate surface area is 112 Å². The van der Waals surface area contributed by atoms with Crippen LogP contribution in [0.2, 0.25) is 0 Å². The SMILES string of the molecule is CCC(C)CC(=O)Nc1cc(F)cc(S(N)(=O)=O)c1. The van der Waals surface area contributed by atoms with Gasteiger partial charge in [0.05, 0.1) is 4.90 Å². The largest absolute Gasteiger partial charge is 0.326 e. The summed E-state index contributed by atoms with van der Waals surface area (Å²) in [5, 5.41) is 7.38. The van der Waals surface area contributed by atoms with Crippen molar-refractivity contribution in [1.29, 1.82) is 0 Å². The lowest BCUT2D eigenvalue weighted by molar-refractivity contribution is -0.117. The Morgan fingerprint density at radius 2 is 2.05 bits per heavy atom. The zero-order valence-corrected chi connectivity index (χ0v) is 11.6. The molecule has 0 fully saturated rings. The zero-order valence-electron chi connectivity index (χ0n) is 10.8. The molecule has 1 aromatic carbocycles. The monoisotopic (exact) mass is 288 g/mol. The van der Waals surface area contributed by atoms with Crippen molar-refractivity contribution in [3.8, 4) is 0 Å². The Morgan fingerprint density at radius 1 is 1.42 bits per heavy atom. The first-order valence-electron chi connectivity index (χ1n) is 5.85. The van der Waals surface area contributed by atoms with E-state index in [0.29, 0.717) is 0 Å². The lowest BCUT2D eigenvalue weighted by Gasteiger charge is -2.10. The summed E-state index contributed by atoms with van der Waals surface area (Å²) in [6, 6.07) is 2.98. The molecule has 1 rings (SSSR count). The molecule has 1 aromatic rings. The number of hydrogen-bond acceptors (Lipinski definition) is 3. The molecule has 1 unspecified atom stereocenters. The first-order chi connectivity index (χ1) is 8.72. The average molecular weight is 288 g/mol. The number of halogens is 1. The maximum atomic E-state index is 13.3. The molecule has 5 nitrogen and oxygen atoms in total. The quantitative estimate of drug-likeness (QED) is 0.866. The van der Waals surface area contributed by atoms with E-state index >= 15 is 0 Å². The Bertz CT molecular complexity index is 572. The molecule has 0 aliphatic rings. The molecule has 0 saturated carbocycles. The van der Waals surface area contributed by atoms with Crippen LogP contribution in [0.1, 0.15) is 26.7 Å². The first kappa shape index (κ1) is 15.6. The number of benzene rings is 1. The molecule has 1 amide bonds. The third kappa shape index (κ3) is 4.96. The topological polar surface area (TPSA) is 89.3 Å². The maximum Gasteiger partial charge on any atom is 0.238 e. The van der Waals surface area contributed by atoms with Crippen LogP contribution < -0.4 is 10.5 Å². The standard InChI is InChI=1S/C12H17FN2O3S/c1-3-8(2)4-12(16)15-10-5-9(13)6-11(7-10)19(14,17)18/h5-8H,3-4H2,1-2H3,(H,15,16)(H2,14,17,18). The molecule has 106 valence electrons. The van der Waals surface area contributed by atoms with E-state index in [1.54, 1.807) is 0 Å². The molecule has 0 bridgehead atoms. The molecule has 7 heteroatoms. The summed E-state index contributed by atoms with van der Waals surface area (Å²) in [7, 11) is -4.00. The number of nitrogens with one attached hydrogen (secondary N) is 1. The Balaban J connectivity index is 2.91. The van der Waals surface area contributed by atoms with Gasteiger partial charge in [0.2, 0.25) is 15.9 Å². The molecule has 0 spiro atoms. The summed E-state index contributed by atoms with van der Waals surface area (Å²) in [4.78, 5) is 11.3. The number of primary sulfonamides is 1. The van der Waals surface area contributed by atoms with Crippen LogP contribution in [0.15, 0.2) is 23.1 Å². The summed E-state index contributed by atoms with van der Waals surface area (Å²) in [5.41, 5.74) is 0.0809. The third-order valence-corrected chi connectivity index (χ3v) is 3.61. The van der Waals surface area contributed by atoms with Gasteiger partial charge in [0.1, 0.15) is 5.82 Å². The molecule has 19 heavy (non-hydrogen) atoms. The highest BCUT2D eigenvalue weighted by atomic mass is 32.2. The predicted molar refractivity (Wildman–Crippen MR) is 70.5 cm³/mol. The first-order valence-corrected chi connectivity index (χ1v) is 7.40. The molecule has 1 atom stereocenters. The molecule has 0 saturated heterocycles. The van der Waals surface area contributed by atoms with E-state index in [0.717, 1.165) is 24.6 Å². The number of nitrogens with two attached hydrogens (primary N) is 1. The Kier molecular flexibility index (Phi) is 5.02. The van der Waals surface area contributed by atoms with Gasteiger partial charge in [0, 0.05) is 12.1 Å². The summed E-state index contributed by atoms with van der Waals surface area (Å²) < 4.78 is 35.6. The summed E-state index contributed by atoms with van der Waals surface area (Å²) in [5.74, 6) is -0.864. The fraction of sp³-hybridized carbons (Fsp3) is 0.417. The number of amides is 1. The number of sulfonamides is 1. The third-order valence-electron chi connectivity index (χ3n) is 2.71. The number of hydrogen-bond donors (Lipinski definition) is 2. The number of anilines is 1. The highest BCUT2D eigenvalue weighted by Crippen LogP contribution is 2.18. The number of carbonyl (C=O) groups excluding carboxylic acids is 1. The van der Waals surface area contributed by atoms with Gasteiger partial charge in [-0.15, -0.1) is 0 Å². The second-order valence-corrected chi connectivity index (χ2v) is 6.05. The van der Waals surface area contributed by atoms with Gasteiger partial charge in [0.25, 0.3) is 0 Å². The Hall–Kier alpha value is -1.47. The van der Waals surface area contributed by atoms with Gasteiger partial charge >= 0.3 is 0 Å². The number of rotatable bonds is 5. The Morgan fingerprint density at radius 3 is 2.58 bits per heavy atom. The molecule has 0 aromatic heterocycles.